The van der Waals surface area contributed by atoms with Crippen LogP contribution in [-0.2, 0) is 11.3 Å². The number of para-hydroxylation sites is 2. The quantitative estimate of drug-likeness (QED) is 0.724. The van der Waals surface area contributed by atoms with E-state index in [1.54, 1.807) is 4.90 Å². The number of carbonyl (C=O) groups is 1. The minimum atomic E-state index is 0.0194. The fourth-order valence-corrected chi connectivity index (χ4v) is 2.78. The second kappa shape index (κ2) is 8.27. The van der Waals surface area contributed by atoms with Crippen LogP contribution in [0.4, 0.5) is 11.4 Å². The lowest BCUT2D eigenvalue weighted by atomic mass is 10.1. The molecule has 3 rings (SSSR count). The maximum Gasteiger partial charge on any atom is 0.245 e. The molecule has 0 radical (unpaired) electrons. The van der Waals surface area contributed by atoms with Crippen LogP contribution in [0.25, 0.3) is 0 Å². The van der Waals surface area contributed by atoms with Gasteiger partial charge in [0.2, 0.25) is 5.91 Å². The summed E-state index contributed by atoms with van der Waals surface area (Å²) in [5.41, 5.74) is 4.18. The molecule has 0 unspecified atom stereocenters. The molecule has 3 aromatic carbocycles. The monoisotopic (exact) mass is 330 g/mol. The van der Waals surface area contributed by atoms with Crippen LogP contribution in [0.1, 0.15) is 11.1 Å². The average molecular weight is 330 g/mol. The van der Waals surface area contributed by atoms with Gasteiger partial charge >= 0.3 is 0 Å². The highest BCUT2D eigenvalue weighted by Crippen LogP contribution is 2.24. The Morgan fingerprint density at radius 2 is 1.32 bits per heavy atom. The number of hydrogen-bond acceptors (Lipinski definition) is 2. The van der Waals surface area contributed by atoms with Crippen molar-refractivity contribution in [3.8, 4) is 0 Å². The minimum Gasteiger partial charge on any atom is -0.304 e. The van der Waals surface area contributed by atoms with Crippen LogP contribution in [0.5, 0.6) is 0 Å². The van der Waals surface area contributed by atoms with Crippen molar-refractivity contribution in [1.29, 1.82) is 0 Å². The lowest BCUT2D eigenvalue weighted by molar-refractivity contribution is -0.117. The van der Waals surface area contributed by atoms with Crippen molar-refractivity contribution in [3.63, 3.8) is 0 Å². The maximum atomic E-state index is 12.9. The van der Waals surface area contributed by atoms with Crippen molar-refractivity contribution in [2.75, 3.05) is 11.4 Å². The van der Waals surface area contributed by atoms with E-state index >= 15 is 0 Å². The molecule has 0 saturated carbocycles. The Kier molecular flexibility index (Phi) is 5.60. The van der Waals surface area contributed by atoms with Gasteiger partial charge in [0, 0.05) is 17.9 Å². The summed E-state index contributed by atoms with van der Waals surface area (Å²) in [5.74, 6) is 0.0194. The van der Waals surface area contributed by atoms with Gasteiger partial charge in [-0.1, -0.05) is 60.7 Å². The molecule has 3 aromatic rings. The Bertz CT molecular complexity index is 776. The van der Waals surface area contributed by atoms with Crippen LogP contribution >= 0.6 is 0 Å². The van der Waals surface area contributed by atoms with Gasteiger partial charge in [-0.2, -0.15) is 0 Å². The van der Waals surface area contributed by atoms with E-state index in [-0.39, 0.29) is 12.5 Å². The largest absolute Gasteiger partial charge is 0.304 e. The summed E-state index contributed by atoms with van der Waals surface area (Å²) in [6.07, 6.45) is 0. The summed E-state index contributed by atoms with van der Waals surface area (Å²) in [5, 5.41) is 3.27. The molecule has 0 aromatic heterocycles. The number of rotatable bonds is 6. The highest BCUT2D eigenvalue weighted by Gasteiger charge is 2.17. The zero-order valence-corrected chi connectivity index (χ0v) is 14.4. The first-order chi connectivity index (χ1) is 12.3. The van der Waals surface area contributed by atoms with E-state index in [9.17, 15) is 4.79 Å². The summed E-state index contributed by atoms with van der Waals surface area (Å²) in [4.78, 5) is 14.6. The standard InChI is InChI=1S/C22H22N2O/c1-18-10-8-9-11-19(18)16-23-17-22(25)24(20-12-4-2-5-13-20)21-14-6-3-7-15-21/h2-15,23H,16-17H2,1H3. The predicted octanol–water partition coefficient (Wildman–Crippen LogP) is 4.45. The molecule has 1 amide bonds. The fraction of sp³-hybridized carbons (Fsp3) is 0.136. The van der Waals surface area contributed by atoms with Crippen molar-refractivity contribution in [2.45, 2.75) is 13.5 Å². The molecule has 0 fully saturated rings. The van der Waals surface area contributed by atoms with Gasteiger partial charge in [0.25, 0.3) is 0 Å². The van der Waals surface area contributed by atoms with Gasteiger partial charge in [0.15, 0.2) is 0 Å². The molecule has 0 aliphatic heterocycles. The number of nitrogens with zero attached hydrogens (tertiary/aromatic N) is 1. The van der Waals surface area contributed by atoms with Crippen LogP contribution in [0.3, 0.4) is 0 Å². The van der Waals surface area contributed by atoms with Crippen molar-refractivity contribution < 1.29 is 4.79 Å². The maximum absolute atomic E-state index is 12.9. The second-order valence-corrected chi connectivity index (χ2v) is 5.93. The number of aryl methyl sites for hydroxylation is 1. The van der Waals surface area contributed by atoms with Crippen molar-refractivity contribution in [2.24, 2.45) is 0 Å². The summed E-state index contributed by atoms with van der Waals surface area (Å²) in [6, 6.07) is 27.7. The highest BCUT2D eigenvalue weighted by molar-refractivity contribution is 6.01. The molecule has 126 valence electrons. The lowest BCUT2D eigenvalue weighted by Crippen LogP contribution is -2.35. The molecule has 25 heavy (non-hydrogen) atoms. The number of amides is 1. The number of nitrogens with one attached hydrogen (secondary N) is 1. The Morgan fingerprint density at radius 1 is 0.800 bits per heavy atom. The number of hydrogen-bond donors (Lipinski definition) is 1. The van der Waals surface area contributed by atoms with Crippen LogP contribution in [0.2, 0.25) is 0 Å². The molecule has 0 aliphatic rings. The molecule has 0 spiro atoms. The molecule has 3 heteroatoms. The Balaban J connectivity index is 1.73. The smallest absolute Gasteiger partial charge is 0.245 e. The fourth-order valence-electron chi connectivity index (χ4n) is 2.78. The van der Waals surface area contributed by atoms with Gasteiger partial charge in [-0.25, -0.2) is 0 Å². The summed E-state index contributed by atoms with van der Waals surface area (Å²) in [7, 11) is 0. The van der Waals surface area contributed by atoms with Crippen molar-refractivity contribution >= 4 is 17.3 Å². The Labute approximate surface area is 148 Å². The molecule has 0 aliphatic carbocycles. The Hall–Kier alpha value is -2.91. The third-order valence-corrected chi connectivity index (χ3v) is 4.13. The summed E-state index contributed by atoms with van der Waals surface area (Å²) < 4.78 is 0. The molecule has 1 N–H and O–H groups in total. The van der Waals surface area contributed by atoms with Crippen LogP contribution in [0, 0.1) is 6.92 Å². The molecule has 0 heterocycles. The van der Waals surface area contributed by atoms with Crippen molar-refractivity contribution in [1.82, 2.24) is 5.32 Å². The lowest BCUT2D eigenvalue weighted by Gasteiger charge is -2.23. The molecule has 0 bridgehead atoms. The highest BCUT2D eigenvalue weighted by atomic mass is 16.2. The van der Waals surface area contributed by atoms with Gasteiger partial charge in [-0.15, -0.1) is 0 Å². The zero-order valence-electron chi connectivity index (χ0n) is 14.4. The first kappa shape index (κ1) is 16.9. The van der Waals surface area contributed by atoms with E-state index in [0.29, 0.717) is 6.54 Å². The van der Waals surface area contributed by atoms with Crippen LogP contribution in [0.15, 0.2) is 84.9 Å². The summed E-state index contributed by atoms with van der Waals surface area (Å²) >= 11 is 0. The van der Waals surface area contributed by atoms with E-state index < -0.39 is 0 Å². The number of anilines is 2. The van der Waals surface area contributed by atoms with Gasteiger partial charge in [0.1, 0.15) is 0 Å². The Morgan fingerprint density at radius 3 is 1.88 bits per heavy atom. The van der Waals surface area contributed by atoms with Gasteiger partial charge in [0.05, 0.1) is 6.54 Å². The average Bonchev–Trinajstić information content (AvgIpc) is 2.65. The first-order valence-electron chi connectivity index (χ1n) is 8.44. The topological polar surface area (TPSA) is 32.3 Å². The molecular weight excluding hydrogens is 308 g/mol. The third kappa shape index (κ3) is 4.34. The second-order valence-electron chi connectivity index (χ2n) is 5.93. The first-order valence-corrected chi connectivity index (χ1v) is 8.44. The third-order valence-electron chi connectivity index (χ3n) is 4.13. The number of carbonyl (C=O) groups excluding carboxylic acids is 1. The SMILES string of the molecule is Cc1ccccc1CNCC(=O)N(c1ccccc1)c1ccccc1. The minimum absolute atomic E-state index is 0.0194. The molecule has 0 atom stereocenters. The van der Waals surface area contributed by atoms with Crippen LogP contribution in [-0.4, -0.2) is 12.5 Å². The summed E-state index contributed by atoms with van der Waals surface area (Å²) in [6.45, 7) is 3.03. The zero-order chi connectivity index (χ0) is 17.5. The van der Waals surface area contributed by atoms with E-state index in [2.05, 4.69) is 24.4 Å². The van der Waals surface area contributed by atoms with E-state index in [4.69, 9.17) is 0 Å². The van der Waals surface area contributed by atoms with Gasteiger partial charge < -0.3 is 5.32 Å². The molecule has 3 nitrogen and oxygen atoms in total. The molecule has 0 saturated heterocycles. The van der Waals surface area contributed by atoms with E-state index in [1.807, 2.05) is 72.8 Å². The molecular formula is C22H22N2O. The normalized spacial score (nSPS) is 10.4. The van der Waals surface area contributed by atoms with E-state index in [0.717, 1.165) is 11.4 Å². The van der Waals surface area contributed by atoms with Gasteiger partial charge in [-0.05, 0) is 42.3 Å². The van der Waals surface area contributed by atoms with Crippen LogP contribution < -0.4 is 10.2 Å². The van der Waals surface area contributed by atoms with Gasteiger partial charge in [-0.3, -0.25) is 9.69 Å². The number of benzene rings is 3. The van der Waals surface area contributed by atoms with Crippen molar-refractivity contribution in [3.05, 3.63) is 96.1 Å². The van der Waals surface area contributed by atoms with E-state index in [1.165, 1.54) is 11.1 Å². The predicted molar refractivity (Wildman–Crippen MR) is 103 cm³/mol.